The number of nitrogens with two attached hydrogens (primary N) is 1. The fraction of sp³-hybridized carbons (Fsp3) is 0.208. The summed E-state index contributed by atoms with van der Waals surface area (Å²) < 4.78 is 28.6. The van der Waals surface area contributed by atoms with Gasteiger partial charge in [-0.3, -0.25) is 4.79 Å². The summed E-state index contributed by atoms with van der Waals surface area (Å²) in [7, 11) is 0. The molecule has 0 aliphatic carbocycles. The van der Waals surface area contributed by atoms with Gasteiger partial charge in [-0.25, -0.2) is 18.7 Å². The molecule has 0 bridgehead atoms. The third-order valence-electron chi connectivity index (χ3n) is 5.71. The Kier molecular flexibility index (Phi) is 5.63. The van der Waals surface area contributed by atoms with Gasteiger partial charge in [0, 0.05) is 48.3 Å². The van der Waals surface area contributed by atoms with Crippen molar-refractivity contribution >= 4 is 22.4 Å². The number of nitrogen functional groups attached to an aromatic ring is 1. The summed E-state index contributed by atoms with van der Waals surface area (Å²) >= 11 is 1.48. The van der Waals surface area contributed by atoms with Crippen LogP contribution in [0.3, 0.4) is 0 Å². The Hall–Kier alpha value is -3.59. The molecule has 2 aromatic heterocycles. The Balaban J connectivity index is 1.42. The van der Waals surface area contributed by atoms with Gasteiger partial charge in [0.05, 0.1) is 17.8 Å². The highest BCUT2D eigenvalue weighted by Crippen LogP contribution is 2.26. The standard InChI is InChI=1S/C24H21F2N5OS/c25-16-3-1-15(2-4-16)20-14-31(18-7-5-17(26)6-8-18)22(28-20)13-23(32)30-11-9-19-21(10-12-30)33-24(27)29-19/h1-8,14H,9-13H2,(H2,27,29). The Bertz CT molecular complexity index is 1270. The summed E-state index contributed by atoms with van der Waals surface area (Å²) in [6.07, 6.45) is 3.27. The first-order valence-corrected chi connectivity index (χ1v) is 11.4. The SMILES string of the molecule is Nc1nc2c(s1)CCN(C(=O)Cc1nc(-c3ccc(F)cc3)cn1-c1ccc(F)cc1)CC2. The van der Waals surface area contributed by atoms with Crippen molar-refractivity contribution in [1.82, 2.24) is 19.4 Å². The lowest BCUT2D eigenvalue weighted by Crippen LogP contribution is -2.35. The zero-order valence-corrected chi connectivity index (χ0v) is 18.5. The second-order valence-corrected chi connectivity index (χ2v) is 8.99. The molecule has 9 heteroatoms. The number of anilines is 1. The second-order valence-electron chi connectivity index (χ2n) is 7.88. The van der Waals surface area contributed by atoms with Crippen LogP contribution in [-0.2, 0) is 24.1 Å². The molecule has 0 saturated heterocycles. The maximum atomic E-state index is 13.5. The molecule has 0 radical (unpaired) electrons. The van der Waals surface area contributed by atoms with Gasteiger partial charge in [-0.2, -0.15) is 0 Å². The first-order valence-electron chi connectivity index (χ1n) is 10.6. The lowest BCUT2D eigenvalue weighted by Gasteiger charge is -2.20. The van der Waals surface area contributed by atoms with Crippen LogP contribution < -0.4 is 5.73 Å². The van der Waals surface area contributed by atoms with Gasteiger partial charge in [-0.1, -0.05) is 0 Å². The Labute approximate surface area is 193 Å². The van der Waals surface area contributed by atoms with E-state index in [1.165, 1.54) is 35.6 Å². The zero-order chi connectivity index (χ0) is 22.9. The summed E-state index contributed by atoms with van der Waals surface area (Å²) in [6, 6.07) is 12.0. The van der Waals surface area contributed by atoms with Gasteiger partial charge in [0.2, 0.25) is 5.91 Å². The zero-order valence-electron chi connectivity index (χ0n) is 17.7. The maximum Gasteiger partial charge on any atom is 0.230 e. The van der Waals surface area contributed by atoms with Crippen LogP contribution in [0.1, 0.15) is 16.4 Å². The summed E-state index contributed by atoms with van der Waals surface area (Å²) in [6.45, 7) is 1.16. The first kappa shape index (κ1) is 21.3. The molecule has 1 amide bonds. The fourth-order valence-corrected chi connectivity index (χ4v) is 4.88. The smallest absolute Gasteiger partial charge is 0.230 e. The second kappa shape index (κ2) is 8.74. The number of halogens is 2. The van der Waals surface area contributed by atoms with Crippen LogP contribution in [0.15, 0.2) is 54.7 Å². The summed E-state index contributed by atoms with van der Waals surface area (Å²) in [5, 5.41) is 0.564. The highest BCUT2D eigenvalue weighted by Gasteiger charge is 2.23. The molecule has 0 atom stereocenters. The fourth-order valence-electron chi connectivity index (χ4n) is 4.01. The number of carbonyl (C=O) groups is 1. The molecule has 168 valence electrons. The number of hydrogen-bond donors (Lipinski definition) is 1. The van der Waals surface area contributed by atoms with Crippen LogP contribution in [0.5, 0.6) is 0 Å². The Morgan fingerprint density at radius 1 is 0.970 bits per heavy atom. The van der Waals surface area contributed by atoms with E-state index >= 15 is 0 Å². The number of nitrogens with zero attached hydrogens (tertiary/aromatic N) is 4. The van der Waals surface area contributed by atoms with E-state index in [4.69, 9.17) is 5.73 Å². The van der Waals surface area contributed by atoms with Crippen molar-refractivity contribution in [3.8, 4) is 16.9 Å². The summed E-state index contributed by atoms with van der Waals surface area (Å²) in [4.78, 5) is 25.2. The molecule has 0 saturated carbocycles. The van der Waals surface area contributed by atoms with Crippen molar-refractivity contribution in [3.63, 3.8) is 0 Å². The van der Waals surface area contributed by atoms with Crippen LogP contribution in [0.25, 0.3) is 16.9 Å². The first-order chi connectivity index (χ1) is 16.0. The molecule has 6 nitrogen and oxygen atoms in total. The van der Waals surface area contributed by atoms with E-state index < -0.39 is 0 Å². The van der Waals surface area contributed by atoms with Gasteiger partial charge >= 0.3 is 0 Å². The van der Waals surface area contributed by atoms with E-state index in [9.17, 15) is 13.6 Å². The lowest BCUT2D eigenvalue weighted by molar-refractivity contribution is -0.130. The molecule has 2 N–H and O–H groups in total. The minimum absolute atomic E-state index is 0.0438. The van der Waals surface area contributed by atoms with Crippen LogP contribution in [0.4, 0.5) is 13.9 Å². The topological polar surface area (TPSA) is 77.0 Å². The molecular formula is C24H21F2N5OS. The van der Waals surface area contributed by atoms with Gasteiger partial charge in [0.1, 0.15) is 17.5 Å². The van der Waals surface area contributed by atoms with Gasteiger partial charge < -0.3 is 15.2 Å². The van der Waals surface area contributed by atoms with Gasteiger partial charge in [0.15, 0.2) is 5.13 Å². The Morgan fingerprint density at radius 3 is 2.36 bits per heavy atom. The minimum Gasteiger partial charge on any atom is -0.375 e. The number of thiazole rings is 1. The number of fused-ring (bicyclic) bond motifs is 1. The summed E-state index contributed by atoms with van der Waals surface area (Å²) in [5.41, 5.74) is 8.82. The van der Waals surface area contributed by atoms with E-state index in [0.717, 1.165) is 22.6 Å². The van der Waals surface area contributed by atoms with Crippen LogP contribution >= 0.6 is 11.3 Å². The monoisotopic (exact) mass is 465 g/mol. The lowest BCUT2D eigenvalue weighted by atomic mass is 10.2. The quantitative estimate of drug-likeness (QED) is 0.494. The molecule has 0 fully saturated rings. The minimum atomic E-state index is -0.346. The molecule has 0 spiro atoms. The maximum absolute atomic E-state index is 13.5. The van der Waals surface area contributed by atoms with E-state index in [2.05, 4.69) is 9.97 Å². The van der Waals surface area contributed by atoms with E-state index in [1.807, 2.05) is 4.90 Å². The number of imidazole rings is 1. The van der Waals surface area contributed by atoms with Gasteiger partial charge in [0.25, 0.3) is 0 Å². The van der Waals surface area contributed by atoms with Gasteiger partial charge in [-0.05, 0) is 48.5 Å². The van der Waals surface area contributed by atoms with Crippen molar-refractivity contribution in [2.75, 3.05) is 18.8 Å². The molecule has 5 rings (SSSR count). The van der Waals surface area contributed by atoms with Crippen molar-refractivity contribution in [3.05, 3.63) is 82.8 Å². The highest BCUT2D eigenvalue weighted by atomic mass is 32.1. The van der Waals surface area contributed by atoms with E-state index in [1.54, 1.807) is 35.0 Å². The molecule has 1 aliphatic rings. The predicted molar refractivity (Wildman–Crippen MR) is 123 cm³/mol. The van der Waals surface area contributed by atoms with Crippen molar-refractivity contribution < 1.29 is 13.6 Å². The third kappa shape index (κ3) is 4.49. The number of carbonyl (C=O) groups excluding carboxylic acids is 1. The summed E-state index contributed by atoms with van der Waals surface area (Å²) in [5.74, 6) is -0.190. The largest absolute Gasteiger partial charge is 0.375 e. The van der Waals surface area contributed by atoms with Gasteiger partial charge in [-0.15, -0.1) is 11.3 Å². The molecular weight excluding hydrogens is 444 g/mol. The number of hydrogen-bond acceptors (Lipinski definition) is 5. The molecule has 1 aliphatic heterocycles. The number of rotatable bonds is 4. The van der Waals surface area contributed by atoms with Crippen LogP contribution in [0.2, 0.25) is 0 Å². The molecule has 4 aromatic rings. The van der Waals surface area contributed by atoms with Crippen molar-refractivity contribution in [2.24, 2.45) is 0 Å². The predicted octanol–water partition coefficient (Wildman–Crippen LogP) is 4.03. The number of aromatic nitrogens is 3. The van der Waals surface area contributed by atoms with Crippen LogP contribution in [0, 0.1) is 11.6 Å². The Morgan fingerprint density at radius 2 is 1.64 bits per heavy atom. The number of amides is 1. The molecule has 0 unspecified atom stereocenters. The average Bonchev–Trinajstić information content (AvgIpc) is 3.32. The van der Waals surface area contributed by atoms with E-state index in [-0.39, 0.29) is 24.0 Å². The van der Waals surface area contributed by atoms with Crippen molar-refractivity contribution in [1.29, 1.82) is 0 Å². The number of benzene rings is 2. The van der Waals surface area contributed by atoms with Crippen LogP contribution in [-0.4, -0.2) is 38.4 Å². The molecule has 2 aromatic carbocycles. The van der Waals surface area contributed by atoms with E-state index in [0.29, 0.717) is 41.8 Å². The highest BCUT2D eigenvalue weighted by molar-refractivity contribution is 7.15. The molecule has 3 heterocycles. The average molecular weight is 466 g/mol. The third-order valence-corrected chi connectivity index (χ3v) is 6.69. The normalized spacial score (nSPS) is 13.6. The molecule has 33 heavy (non-hydrogen) atoms. The van der Waals surface area contributed by atoms with Crippen molar-refractivity contribution in [2.45, 2.75) is 19.3 Å².